The van der Waals surface area contributed by atoms with Gasteiger partial charge in [0.1, 0.15) is 11.4 Å². The van der Waals surface area contributed by atoms with Gasteiger partial charge in [-0.25, -0.2) is 0 Å². The molecule has 0 aromatic heterocycles. The number of hydrogen-bond donors (Lipinski definition) is 1. The van der Waals surface area contributed by atoms with E-state index in [9.17, 15) is 9.59 Å². The van der Waals surface area contributed by atoms with Crippen LogP contribution in [0.5, 0.6) is 5.75 Å². The lowest BCUT2D eigenvalue weighted by molar-refractivity contribution is -0.137. The van der Waals surface area contributed by atoms with Gasteiger partial charge in [0.25, 0.3) is 11.8 Å². The molecule has 0 radical (unpaired) electrons. The summed E-state index contributed by atoms with van der Waals surface area (Å²) < 4.78 is 5.22. The van der Waals surface area contributed by atoms with E-state index in [1.54, 1.807) is 61.7 Å². The Balaban J connectivity index is 1.78. The molecule has 32 heavy (non-hydrogen) atoms. The number of carbonyl (C=O) groups is 2. The summed E-state index contributed by atoms with van der Waals surface area (Å²) in [5, 5.41) is 4.21. The van der Waals surface area contributed by atoms with Crippen molar-refractivity contribution in [2.75, 3.05) is 12.4 Å². The minimum absolute atomic E-state index is 0.0662. The minimum Gasteiger partial charge on any atom is -0.497 e. The minimum atomic E-state index is -0.430. The molecule has 162 valence electrons. The summed E-state index contributed by atoms with van der Waals surface area (Å²) in [5.41, 5.74) is 3.19. The predicted molar refractivity (Wildman–Crippen MR) is 127 cm³/mol. The van der Waals surface area contributed by atoms with Crippen LogP contribution in [0.4, 0.5) is 5.69 Å². The standard InChI is InChI=1S/C25H20Cl2N2O3/c1-15-19(26)8-5-9-21(15)28-23-22(16-10-12-18(32-2)13-11-16)24(30)29(25(23)31)14-17-6-3-4-7-20(17)27/h3-13,28H,14H2,1-2H3. The van der Waals surface area contributed by atoms with Gasteiger partial charge in [-0.05, 0) is 53.9 Å². The van der Waals surface area contributed by atoms with E-state index in [0.717, 1.165) is 5.56 Å². The fourth-order valence-electron chi connectivity index (χ4n) is 3.54. The first-order valence-electron chi connectivity index (χ1n) is 9.91. The van der Waals surface area contributed by atoms with Gasteiger partial charge in [-0.3, -0.25) is 14.5 Å². The molecule has 1 aliphatic heterocycles. The van der Waals surface area contributed by atoms with Gasteiger partial charge in [0, 0.05) is 15.7 Å². The zero-order chi connectivity index (χ0) is 22.8. The number of amides is 2. The van der Waals surface area contributed by atoms with Crippen LogP contribution in [0.3, 0.4) is 0 Å². The lowest BCUT2D eigenvalue weighted by atomic mass is 10.0. The van der Waals surface area contributed by atoms with Crippen LogP contribution in [-0.4, -0.2) is 23.8 Å². The largest absolute Gasteiger partial charge is 0.497 e. The van der Waals surface area contributed by atoms with Crippen molar-refractivity contribution in [3.05, 3.63) is 99.2 Å². The Morgan fingerprint density at radius 3 is 2.25 bits per heavy atom. The van der Waals surface area contributed by atoms with Crippen LogP contribution in [0.2, 0.25) is 10.0 Å². The summed E-state index contributed by atoms with van der Waals surface area (Å²) >= 11 is 12.5. The fraction of sp³-hybridized carbons (Fsp3) is 0.120. The van der Waals surface area contributed by atoms with Gasteiger partial charge < -0.3 is 10.1 Å². The quantitative estimate of drug-likeness (QED) is 0.473. The third-order valence-electron chi connectivity index (χ3n) is 5.36. The smallest absolute Gasteiger partial charge is 0.278 e. The molecule has 1 aliphatic rings. The second-order valence-corrected chi connectivity index (χ2v) is 8.12. The Labute approximate surface area is 196 Å². The molecule has 0 saturated carbocycles. The lowest BCUT2D eigenvalue weighted by Crippen LogP contribution is -2.32. The van der Waals surface area contributed by atoms with E-state index in [1.165, 1.54) is 4.90 Å². The number of hydrogen-bond acceptors (Lipinski definition) is 4. The van der Waals surface area contributed by atoms with Crippen LogP contribution in [0.25, 0.3) is 5.57 Å². The molecule has 0 saturated heterocycles. The molecule has 4 rings (SSSR count). The van der Waals surface area contributed by atoms with Gasteiger partial charge in [0.05, 0.1) is 19.2 Å². The van der Waals surface area contributed by atoms with Gasteiger partial charge in [-0.1, -0.05) is 59.6 Å². The van der Waals surface area contributed by atoms with Crippen LogP contribution in [-0.2, 0) is 16.1 Å². The summed E-state index contributed by atoms with van der Waals surface area (Å²) in [6.07, 6.45) is 0. The van der Waals surface area contributed by atoms with Crippen molar-refractivity contribution in [2.24, 2.45) is 0 Å². The normalized spacial score (nSPS) is 13.7. The van der Waals surface area contributed by atoms with E-state index in [1.807, 2.05) is 19.1 Å². The average Bonchev–Trinajstić information content (AvgIpc) is 3.02. The Bertz CT molecular complexity index is 1240. The number of nitrogens with one attached hydrogen (secondary N) is 1. The highest BCUT2D eigenvalue weighted by molar-refractivity contribution is 6.37. The summed E-state index contributed by atoms with van der Waals surface area (Å²) in [5.74, 6) is -0.179. The maximum absolute atomic E-state index is 13.4. The second kappa shape index (κ2) is 9.07. The van der Waals surface area contributed by atoms with E-state index in [4.69, 9.17) is 27.9 Å². The van der Waals surface area contributed by atoms with Crippen LogP contribution < -0.4 is 10.1 Å². The van der Waals surface area contributed by atoms with Crippen molar-refractivity contribution >= 4 is 46.3 Å². The molecule has 3 aromatic rings. The van der Waals surface area contributed by atoms with E-state index in [-0.39, 0.29) is 17.8 Å². The molecule has 0 unspecified atom stereocenters. The van der Waals surface area contributed by atoms with Gasteiger partial charge in [-0.2, -0.15) is 0 Å². The number of anilines is 1. The van der Waals surface area contributed by atoms with Crippen molar-refractivity contribution in [1.82, 2.24) is 4.90 Å². The zero-order valence-corrected chi connectivity index (χ0v) is 19.0. The van der Waals surface area contributed by atoms with Crippen LogP contribution in [0.1, 0.15) is 16.7 Å². The number of halogens is 2. The van der Waals surface area contributed by atoms with Crippen LogP contribution in [0.15, 0.2) is 72.4 Å². The van der Waals surface area contributed by atoms with Crippen molar-refractivity contribution in [3.8, 4) is 5.75 Å². The SMILES string of the molecule is COc1ccc(C2=C(Nc3cccc(Cl)c3C)C(=O)N(Cc3ccccc3Cl)C2=O)cc1. The molecule has 0 spiro atoms. The first-order valence-corrected chi connectivity index (χ1v) is 10.7. The van der Waals surface area contributed by atoms with Crippen molar-refractivity contribution < 1.29 is 14.3 Å². The average molecular weight is 467 g/mol. The third-order valence-corrected chi connectivity index (χ3v) is 6.14. The zero-order valence-electron chi connectivity index (χ0n) is 17.5. The molecular weight excluding hydrogens is 447 g/mol. The summed E-state index contributed by atoms with van der Waals surface area (Å²) in [6.45, 7) is 1.91. The Morgan fingerprint density at radius 1 is 0.875 bits per heavy atom. The molecule has 0 atom stereocenters. The molecule has 0 fully saturated rings. The Morgan fingerprint density at radius 2 is 1.56 bits per heavy atom. The maximum atomic E-state index is 13.4. The predicted octanol–water partition coefficient (Wildman–Crippen LogP) is 5.70. The molecule has 2 amide bonds. The highest BCUT2D eigenvalue weighted by Crippen LogP contribution is 2.34. The highest BCUT2D eigenvalue weighted by atomic mass is 35.5. The molecule has 3 aromatic carbocycles. The first kappa shape index (κ1) is 21.9. The van der Waals surface area contributed by atoms with E-state index >= 15 is 0 Å². The monoisotopic (exact) mass is 466 g/mol. The lowest BCUT2D eigenvalue weighted by Gasteiger charge is -2.16. The second-order valence-electron chi connectivity index (χ2n) is 7.30. The first-order chi connectivity index (χ1) is 15.4. The molecular formula is C25H20Cl2N2O3. The molecule has 0 aliphatic carbocycles. The van der Waals surface area contributed by atoms with Gasteiger partial charge in [0.15, 0.2) is 0 Å². The number of imide groups is 1. The maximum Gasteiger partial charge on any atom is 0.278 e. The number of nitrogens with zero attached hydrogens (tertiary/aromatic N) is 1. The summed E-state index contributed by atoms with van der Waals surface area (Å²) in [6, 6.07) is 19.5. The van der Waals surface area contributed by atoms with Crippen molar-refractivity contribution in [3.63, 3.8) is 0 Å². The fourth-order valence-corrected chi connectivity index (χ4v) is 3.91. The Hall–Kier alpha value is -3.28. The van der Waals surface area contributed by atoms with E-state index in [2.05, 4.69) is 5.32 Å². The van der Waals surface area contributed by atoms with E-state index in [0.29, 0.717) is 32.6 Å². The van der Waals surface area contributed by atoms with Gasteiger partial charge in [0.2, 0.25) is 0 Å². The number of ether oxygens (including phenoxy) is 1. The van der Waals surface area contributed by atoms with E-state index < -0.39 is 11.8 Å². The van der Waals surface area contributed by atoms with Gasteiger partial charge in [-0.15, -0.1) is 0 Å². The topological polar surface area (TPSA) is 58.6 Å². The Kier molecular flexibility index (Phi) is 6.21. The molecule has 1 N–H and O–H groups in total. The summed E-state index contributed by atoms with van der Waals surface area (Å²) in [4.78, 5) is 28.1. The molecule has 7 heteroatoms. The van der Waals surface area contributed by atoms with Crippen LogP contribution >= 0.6 is 23.2 Å². The van der Waals surface area contributed by atoms with Crippen molar-refractivity contribution in [1.29, 1.82) is 0 Å². The third kappa shape index (κ3) is 4.09. The van der Waals surface area contributed by atoms with Crippen LogP contribution in [0, 0.1) is 6.92 Å². The number of benzene rings is 3. The number of carbonyl (C=O) groups excluding carboxylic acids is 2. The highest BCUT2D eigenvalue weighted by Gasteiger charge is 2.39. The number of methoxy groups -OCH3 is 1. The molecule has 1 heterocycles. The summed E-state index contributed by atoms with van der Waals surface area (Å²) in [7, 11) is 1.57. The van der Waals surface area contributed by atoms with Crippen molar-refractivity contribution in [2.45, 2.75) is 13.5 Å². The molecule has 5 nitrogen and oxygen atoms in total. The van der Waals surface area contributed by atoms with Gasteiger partial charge >= 0.3 is 0 Å². The molecule has 0 bridgehead atoms. The number of rotatable bonds is 6.